The molecule has 1 fully saturated rings. The van der Waals surface area contributed by atoms with E-state index >= 15 is 0 Å². The first-order chi connectivity index (χ1) is 13.5. The third kappa shape index (κ3) is 3.80. The number of amides is 2. The molecule has 28 heavy (non-hydrogen) atoms. The number of carbonyl (C=O) groups excluding carboxylic acids is 2. The molecule has 2 aliphatic heterocycles. The highest BCUT2D eigenvalue weighted by Gasteiger charge is 2.28. The first kappa shape index (κ1) is 19.4. The van der Waals surface area contributed by atoms with Crippen molar-refractivity contribution in [2.24, 2.45) is 0 Å². The fraction of sp³-hybridized carbons (Fsp3) is 0.364. The van der Waals surface area contributed by atoms with Crippen molar-refractivity contribution in [2.75, 3.05) is 44.2 Å². The number of aryl methyl sites for hydroxylation is 1. The van der Waals surface area contributed by atoms with Gasteiger partial charge in [-0.1, -0.05) is 30.3 Å². The van der Waals surface area contributed by atoms with Crippen molar-refractivity contribution in [3.05, 3.63) is 62.7 Å². The lowest BCUT2D eigenvalue weighted by Gasteiger charge is -2.35. The molecular formula is C22H24IN3O2. The summed E-state index contributed by atoms with van der Waals surface area (Å²) in [5, 5.41) is 0. The molecule has 2 aromatic rings. The zero-order valence-corrected chi connectivity index (χ0v) is 18.2. The number of piperazine rings is 1. The Bertz CT molecular complexity index is 906. The smallest absolute Gasteiger partial charge is 0.255 e. The van der Waals surface area contributed by atoms with Gasteiger partial charge in [-0.3, -0.25) is 14.5 Å². The minimum Gasteiger partial charge on any atom is -0.336 e. The number of benzene rings is 2. The maximum atomic E-state index is 12.9. The van der Waals surface area contributed by atoms with Crippen LogP contribution in [0.3, 0.4) is 0 Å². The lowest BCUT2D eigenvalue weighted by atomic mass is 10.1. The van der Waals surface area contributed by atoms with Gasteiger partial charge in [0.1, 0.15) is 0 Å². The van der Waals surface area contributed by atoms with Gasteiger partial charge < -0.3 is 9.80 Å². The second-order valence-corrected chi connectivity index (χ2v) is 8.51. The molecule has 2 aliphatic rings. The van der Waals surface area contributed by atoms with E-state index in [1.54, 1.807) is 0 Å². The maximum Gasteiger partial charge on any atom is 0.255 e. The predicted molar refractivity (Wildman–Crippen MR) is 119 cm³/mol. The summed E-state index contributed by atoms with van der Waals surface area (Å²) < 4.78 is 1.02. The largest absolute Gasteiger partial charge is 0.336 e. The SMILES string of the molecule is Cc1cccc(C(=O)N2CCN(CC(=O)N3CCc4ccccc43)CC2)c1I. The Kier molecular flexibility index (Phi) is 5.68. The van der Waals surface area contributed by atoms with Gasteiger partial charge in [-0.25, -0.2) is 0 Å². The summed E-state index contributed by atoms with van der Waals surface area (Å²) in [5.74, 6) is 0.241. The summed E-state index contributed by atoms with van der Waals surface area (Å²) in [7, 11) is 0. The Hall–Kier alpha value is -1.93. The third-order valence-electron chi connectivity index (χ3n) is 5.63. The van der Waals surface area contributed by atoms with Crippen molar-refractivity contribution in [1.82, 2.24) is 9.80 Å². The number of carbonyl (C=O) groups is 2. The number of hydrogen-bond donors (Lipinski definition) is 0. The number of anilines is 1. The highest BCUT2D eigenvalue weighted by atomic mass is 127. The zero-order valence-electron chi connectivity index (χ0n) is 16.0. The molecule has 1 saturated heterocycles. The molecule has 2 heterocycles. The summed E-state index contributed by atoms with van der Waals surface area (Å²) in [4.78, 5) is 31.6. The molecule has 2 amide bonds. The molecule has 0 atom stereocenters. The van der Waals surface area contributed by atoms with E-state index in [-0.39, 0.29) is 11.8 Å². The fourth-order valence-electron chi connectivity index (χ4n) is 3.97. The van der Waals surface area contributed by atoms with E-state index in [1.165, 1.54) is 5.56 Å². The van der Waals surface area contributed by atoms with Gasteiger partial charge in [0, 0.05) is 42.0 Å². The minimum atomic E-state index is 0.0903. The summed E-state index contributed by atoms with van der Waals surface area (Å²) in [6, 6.07) is 14.0. The zero-order chi connectivity index (χ0) is 19.7. The molecule has 0 radical (unpaired) electrons. The van der Waals surface area contributed by atoms with Crippen LogP contribution < -0.4 is 4.90 Å². The van der Waals surface area contributed by atoms with E-state index in [0.29, 0.717) is 19.6 Å². The Balaban J connectivity index is 1.34. The van der Waals surface area contributed by atoms with Crippen molar-refractivity contribution >= 4 is 40.1 Å². The lowest BCUT2D eigenvalue weighted by molar-refractivity contribution is -0.120. The average molecular weight is 489 g/mol. The van der Waals surface area contributed by atoms with Crippen molar-refractivity contribution < 1.29 is 9.59 Å². The maximum absolute atomic E-state index is 12.9. The first-order valence-corrected chi connectivity index (χ1v) is 10.8. The summed E-state index contributed by atoms with van der Waals surface area (Å²) in [5.41, 5.74) is 4.20. The lowest BCUT2D eigenvalue weighted by Crippen LogP contribution is -2.51. The van der Waals surface area contributed by atoms with Crippen LogP contribution in [0.1, 0.15) is 21.5 Å². The second kappa shape index (κ2) is 8.21. The van der Waals surface area contributed by atoms with Crippen molar-refractivity contribution in [2.45, 2.75) is 13.3 Å². The quantitative estimate of drug-likeness (QED) is 0.623. The van der Waals surface area contributed by atoms with Crippen molar-refractivity contribution in [3.8, 4) is 0 Å². The van der Waals surface area contributed by atoms with Crippen LogP contribution in [0.5, 0.6) is 0 Å². The third-order valence-corrected chi connectivity index (χ3v) is 7.06. The topological polar surface area (TPSA) is 43.9 Å². The fourth-order valence-corrected chi connectivity index (χ4v) is 4.56. The van der Waals surface area contributed by atoms with Gasteiger partial charge in [0.2, 0.25) is 5.91 Å². The van der Waals surface area contributed by atoms with Gasteiger partial charge in [-0.05, 0) is 59.2 Å². The standard InChI is InChI=1S/C22H24IN3O2/c1-16-5-4-7-18(21(16)23)22(28)25-13-11-24(12-14-25)15-20(27)26-10-9-17-6-2-3-8-19(17)26/h2-8H,9-15H2,1H3. The minimum absolute atomic E-state index is 0.0903. The summed E-state index contributed by atoms with van der Waals surface area (Å²) >= 11 is 2.25. The van der Waals surface area contributed by atoms with Crippen LogP contribution in [-0.2, 0) is 11.2 Å². The van der Waals surface area contributed by atoms with Gasteiger partial charge >= 0.3 is 0 Å². The molecule has 6 heteroatoms. The van der Waals surface area contributed by atoms with Crippen molar-refractivity contribution in [3.63, 3.8) is 0 Å². The Morgan fingerprint density at radius 1 is 0.964 bits per heavy atom. The molecule has 2 aromatic carbocycles. The normalized spacial score (nSPS) is 16.9. The highest BCUT2D eigenvalue weighted by molar-refractivity contribution is 14.1. The van der Waals surface area contributed by atoms with Gasteiger partial charge in [0.05, 0.1) is 12.1 Å². The molecule has 0 bridgehead atoms. The molecule has 0 saturated carbocycles. The number of fused-ring (bicyclic) bond motifs is 1. The van der Waals surface area contributed by atoms with Gasteiger partial charge in [0.25, 0.3) is 5.91 Å². The molecule has 0 aliphatic carbocycles. The summed E-state index contributed by atoms with van der Waals surface area (Å²) in [6.45, 7) is 5.99. The number of rotatable bonds is 3. The molecule has 0 N–H and O–H groups in total. The number of halogens is 1. The molecule has 0 aromatic heterocycles. The number of para-hydroxylation sites is 1. The van der Waals surface area contributed by atoms with Gasteiger partial charge in [-0.2, -0.15) is 0 Å². The molecule has 5 nitrogen and oxygen atoms in total. The first-order valence-electron chi connectivity index (χ1n) is 9.69. The van der Waals surface area contributed by atoms with Crippen LogP contribution in [0.25, 0.3) is 0 Å². The van der Waals surface area contributed by atoms with Crippen LogP contribution >= 0.6 is 22.6 Å². The average Bonchev–Trinajstić information content (AvgIpc) is 3.14. The van der Waals surface area contributed by atoms with E-state index in [9.17, 15) is 9.59 Å². The monoisotopic (exact) mass is 489 g/mol. The van der Waals surface area contributed by atoms with Crippen molar-refractivity contribution in [1.29, 1.82) is 0 Å². The molecule has 0 unspecified atom stereocenters. The van der Waals surface area contributed by atoms with Gasteiger partial charge in [0.15, 0.2) is 0 Å². The number of nitrogens with zero attached hydrogens (tertiary/aromatic N) is 3. The molecule has 146 valence electrons. The van der Waals surface area contributed by atoms with E-state index < -0.39 is 0 Å². The Morgan fingerprint density at radius 2 is 1.71 bits per heavy atom. The van der Waals surface area contributed by atoms with Crippen LogP contribution in [-0.4, -0.2) is 60.9 Å². The van der Waals surface area contributed by atoms with Crippen LogP contribution in [0, 0.1) is 10.5 Å². The predicted octanol–water partition coefficient (Wildman–Crippen LogP) is 2.95. The van der Waals surface area contributed by atoms with E-state index in [0.717, 1.165) is 46.4 Å². The number of hydrogen-bond acceptors (Lipinski definition) is 3. The van der Waals surface area contributed by atoms with E-state index in [4.69, 9.17) is 0 Å². The molecular weight excluding hydrogens is 465 g/mol. The van der Waals surface area contributed by atoms with Crippen LogP contribution in [0.4, 0.5) is 5.69 Å². The second-order valence-electron chi connectivity index (χ2n) is 7.43. The highest BCUT2D eigenvalue weighted by Crippen LogP contribution is 2.27. The van der Waals surface area contributed by atoms with Gasteiger partial charge in [-0.15, -0.1) is 0 Å². The van der Waals surface area contributed by atoms with E-state index in [2.05, 4.69) is 33.6 Å². The Labute approximate surface area is 179 Å². The summed E-state index contributed by atoms with van der Waals surface area (Å²) in [6.07, 6.45) is 0.930. The van der Waals surface area contributed by atoms with Crippen LogP contribution in [0.2, 0.25) is 0 Å². The Morgan fingerprint density at radius 3 is 2.50 bits per heavy atom. The molecule has 4 rings (SSSR count). The van der Waals surface area contributed by atoms with Crippen LogP contribution in [0.15, 0.2) is 42.5 Å². The molecule has 0 spiro atoms. The van der Waals surface area contributed by atoms with E-state index in [1.807, 2.05) is 53.1 Å².